The standard InChI is InChI=1S/C19H19FN2O3S/c1-21(2)9-10-22-16(12-6-3-4-7-13(12)20)15(18(24)19(22)25)17(23)14-8-5-11-26-14/h3-8,11,16,24H,9-10H2,1-2H3/p+1/t16-/m1/s1. The van der Waals surface area contributed by atoms with Crippen LogP contribution in [-0.2, 0) is 4.79 Å². The van der Waals surface area contributed by atoms with Crippen LogP contribution in [0, 0.1) is 5.82 Å². The third-order valence-electron chi connectivity index (χ3n) is 4.35. The second-order valence-corrected chi connectivity index (χ2v) is 7.40. The Morgan fingerprint density at radius 2 is 2.00 bits per heavy atom. The molecule has 0 fully saturated rings. The number of aliphatic hydroxyl groups excluding tert-OH is 1. The summed E-state index contributed by atoms with van der Waals surface area (Å²) < 4.78 is 14.5. The number of rotatable bonds is 6. The normalized spacial score (nSPS) is 17.5. The van der Waals surface area contributed by atoms with Gasteiger partial charge in [0.2, 0.25) is 5.78 Å². The Kier molecular flexibility index (Phi) is 5.20. The first-order valence-corrected chi connectivity index (χ1v) is 9.15. The van der Waals surface area contributed by atoms with Crippen molar-refractivity contribution < 1.29 is 24.0 Å². The molecule has 3 rings (SSSR count). The highest BCUT2D eigenvalue weighted by molar-refractivity contribution is 7.12. The molecule has 0 spiro atoms. The highest BCUT2D eigenvalue weighted by atomic mass is 32.1. The van der Waals surface area contributed by atoms with Crippen LogP contribution >= 0.6 is 11.3 Å². The number of carbonyl (C=O) groups is 2. The minimum absolute atomic E-state index is 0.0590. The Hall–Kier alpha value is -2.51. The second-order valence-electron chi connectivity index (χ2n) is 6.45. The minimum atomic E-state index is -0.933. The molecule has 0 radical (unpaired) electrons. The molecule has 1 aromatic heterocycles. The highest BCUT2D eigenvalue weighted by Gasteiger charge is 2.44. The lowest BCUT2D eigenvalue weighted by Gasteiger charge is -2.27. The molecule has 2 N–H and O–H groups in total. The van der Waals surface area contributed by atoms with Gasteiger partial charge < -0.3 is 14.9 Å². The first kappa shape index (κ1) is 18.3. The lowest BCUT2D eigenvalue weighted by atomic mass is 9.95. The molecule has 1 aliphatic rings. The van der Waals surface area contributed by atoms with E-state index in [-0.39, 0.29) is 11.1 Å². The Labute approximate surface area is 155 Å². The zero-order chi connectivity index (χ0) is 18.8. The predicted octanol–water partition coefficient (Wildman–Crippen LogP) is 1.61. The fraction of sp³-hybridized carbons (Fsp3) is 0.263. The van der Waals surface area contributed by atoms with E-state index in [1.165, 1.54) is 22.3 Å². The fourth-order valence-electron chi connectivity index (χ4n) is 3.02. The van der Waals surface area contributed by atoms with Crippen LogP contribution in [0.4, 0.5) is 4.39 Å². The number of benzene rings is 1. The van der Waals surface area contributed by atoms with E-state index >= 15 is 0 Å². The van der Waals surface area contributed by atoms with Gasteiger partial charge in [0.25, 0.3) is 5.91 Å². The van der Waals surface area contributed by atoms with Crippen LogP contribution in [0.1, 0.15) is 21.3 Å². The van der Waals surface area contributed by atoms with E-state index in [1.54, 1.807) is 35.7 Å². The van der Waals surface area contributed by atoms with Crippen LogP contribution in [0.3, 0.4) is 0 Å². The maximum absolute atomic E-state index is 14.5. The third kappa shape index (κ3) is 3.27. The lowest BCUT2D eigenvalue weighted by Crippen LogP contribution is -3.06. The maximum Gasteiger partial charge on any atom is 0.290 e. The number of hydrogen-bond donors (Lipinski definition) is 2. The van der Waals surface area contributed by atoms with Crippen LogP contribution < -0.4 is 4.90 Å². The van der Waals surface area contributed by atoms with Gasteiger partial charge in [-0.25, -0.2) is 4.39 Å². The van der Waals surface area contributed by atoms with Gasteiger partial charge in [-0.15, -0.1) is 11.3 Å². The van der Waals surface area contributed by atoms with Gasteiger partial charge >= 0.3 is 0 Å². The minimum Gasteiger partial charge on any atom is -0.503 e. The predicted molar refractivity (Wildman–Crippen MR) is 96.8 cm³/mol. The van der Waals surface area contributed by atoms with Crippen molar-refractivity contribution in [3.63, 3.8) is 0 Å². The fourth-order valence-corrected chi connectivity index (χ4v) is 3.70. The van der Waals surface area contributed by atoms with Crippen LogP contribution in [0.2, 0.25) is 0 Å². The van der Waals surface area contributed by atoms with E-state index < -0.39 is 29.3 Å². The quantitative estimate of drug-likeness (QED) is 0.754. The van der Waals surface area contributed by atoms with Crippen molar-refractivity contribution in [3.05, 3.63) is 69.4 Å². The molecule has 0 aliphatic carbocycles. The summed E-state index contributed by atoms with van der Waals surface area (Å²) in [5.41, 5.74) is 0.148. The van der Waals surface area contributed by atoms with Crippen LogP contribution in [0.15, 0.2) is 53.1 Å². The second kappa shape index (κ2) is 7.39. The number of quaternary nitrogens is 1. The van der Waals surface area contributed by atoms with E-state index in [1.807, 2.05) is 14.1 Å². The summed E-state index contributed by atoms with van der Waals surface area (Å²) >= 11 is 1.22. The molecular weight excluding hydrogens is 355 g/mol. The van der Waals surface area contributed by atoms with Crippen LogP contribution in [-0.4, -0.2) is 48.9 Å². The molecule has 1 aromatic carbocycles. The smallest absolute Gasteiger partial charge is 0.290 e. The molecule has 0 unspecified atom stereocenters. The molecule has 0 bridgehead atoms. The van der Waals surface area contributed by atoms with E-state index in [0.717, 1.165) is 4.90 Å². The summed E-state index contributed by atoms with van der Waals surface area (Å²) in [5, 5.41) is 12.2. The van der Waals surface area contributed by atoms with Gasteiger partial charge in [-0.1, -0.05) is 24.3 Å². The van der Waals surface area contributed by atoms with Crippen LogP contribution in [0.5, 0.6) is 0 Å². The molecule has 0 saturated heterocycles. The topological polar surface area (TPSA) is 62.1 Å². The summed E-state index contributed by atoms with van der Waals surface area (Å²) in [6, 6.07) is 8.45. The largest absolute Gasteiger partial charge is 0.503 e. The van der Waals surface area contributed by atoms with Gasteiger partial charge in [0.05, 0.1) is 43.7 Å². The van der Waals surface area contributed by atoms with Gasteiger partial charge in [0.1, 0.15) is 5.82 Å². The van der Waals surface area contributed by atoms with Crippen molar-refractivity contribution in [2.45, 2.75) is 6.04 Å². The molecule has 2 heterocycles. The van der Waals surface area contributed by atoms with Crippen molar-refractivity contribution in [1.29, 1.82) is 0 Å². The van der Waals surface area contributed by atoms with Crippen molar-refractivity contribution in [3.8, 4) is 0 Å². The molecule has 5 nitrogen and oxygen atoms in total. The van der Waals surface area contributed by atoms with Gasteiger partial charge in [-0.2, -0.15) is 0 Å². The van der Waals surface area contributed by atoms with Gasteiger partial charge in [-0.3, -0.25) is 9.59 Å². The zero-order valence-electron chi connectivity index (χ0n) is 14.5. The summed E-state index contributed by atoms with van der Waals surface area (Å²) in [7, 11) is 3.87. The highest BCUT2D eigenvalue weighted by Crippen LogP contribution is 2.40. The number of Topliss-reactive ketones (excluding diaryl/α,β-unsaturated/α-hetero) is 1. The Bertz CT molecular complexity index is 861. The Balaban J connectivity index is 2.08. The molecule has 0 saturated carbocycles. The number of hydrogen-bond acceptors (Lipinski definition) is 4. The summed E-state index contributed by atoms with van der Waals surface area (Å²) in [6.07, 6.45) is 0. The average Bonchev–Trinajstić information content (AvgIpc) is 3.22. The molecule has 1 aliphatic heterocycles. The molecule has 136 valence electrons. The zero-order valence-corrected chi connectivity index (χ0v) is 15.3. The lowest BCUT2D eigenvalue weighted by molar-refractivity contribution is -0.857. The molecule has 2 aromatic rings. The summed E-state index contributed by atoms with van der Waals surface area (Å²) in [4.78, 5) is 28.4. The first-order chi connectivity index (χ1) is 12.4. The molecule has 1 amide bonds. The van der Waals surface area contributed by atoms with E-state index in [4.69, 9.17) is 0 Å². The Morgan fingerprint density at radius 1 is 1.27 bits per heavy atom. The van der Waals surface area contributed by atoms with Gasteiger partial charge in [0.15, 0.2) is 5.76 Å². The summed E-state index contributed by atoms with van der Waals surface area (Å²) in [5.74, 6) is -2.19. The van der Waals surface area contributed by atoms with E-state index in [0.29, 0.717) is 18.0 Å². The third-order valence-corrected chi connectivity index (χ3v) is 5.21. The van der Waals surface area contributed by atoms with E-state index in [2.05, 4.69) is 0 Å². The monoisotopic (exact) mass is 375 g/mol. The number of nitrogens with zero attached hydrogens (tertiary/aromatic N) is 1. The van der Waals surface area contributed by atoms with Gasteiger partial charge in [0, 0.05) is 5.56 Å². The van der Waals surface area contributed by atoms with Gasteiger partial charge in [-0.05, 0) is 17.5 Å². The number of amides is 1. The summed E-state index contributed by atoms with van der Waals surface area (Å²) in [6.45, 7) is 0.899. The maximum atomic E-state index is 14.5. The van der Waals surface area contributed by atoms with Crippen molar-refractivity contribution in [2.75, 3.05) is 27.2 Å². The number of likely N-dealkylation sites (N-methyl/N-ethyl adjacent to an activating group) is 1. The van der Waals surface area contributed by atoms with Crippen LogP contribution in [0.25, 0.3) is 0 Å². The van der Waals surface area contributed by atoms with Crippen molar-refractivity contribution in [1.82, 2.24) is 4.90 Å². The molecule has 26 heavy (non-hydrogen) atoms. The van der Waals surface area contributed by atoms with E-state index in [9.17, 15) is 19.1 Å². The number of halogens is 1. The first-order valence-electron chi connectivity index (χ1n) is 8.27. The molecular formula is C19H20FN2O3S+. The number of ketones is 1. The number of nitrogens with one attached hydrogen (secondary N) is 1. The number of thiophene rings is 1. The van der Waals surface area contributed by atoms with Crippen molar-refractivity contribution in [2.24, 2.45) is 0 Å². The average molecular weight is 375 g/mol. The number of carbonyl (C=O) groups excluding carboxylic acids is 2. The Morgan fingerprint density at radius 3 is 2.62 bits per heavy atom. The molecule has 7 heteroatoms. The molecule has 1 atom stereocenters. The van der Waals surface area contributed by atoms with Crippen molar-refractivity contribution >= 4 is 23.0 Å². The number of aliphatic hydroxyl groups is 1. The SMILES string of the molecule is C[NH+](C)CCN1C(=O)C(O)=C(C(=O)c2cccs2)[C@H]1c1ccccc1F.